The molecule has 3 aromatic rings. The van der Waals surface area contributed by atoms with Crippen molar-refractivity contribution in [3.8, 4) is 5.75 Å². The molecule has 1 amide bonds. The number of anilines is 1. The molecule has 0 saturated heterocycles. The summed E-state index contributed by atoms with van der Waals surface area (Å²) in [5.41, 5.74) is 1.83. The van der Waals surface area contributed by atoms with Gasteiger partial charge in [0.2, 0.25) is 5.91 Å². The molecule has 0 N–H and O–H groups in total. The van der Waals surface area contributed by atoms with Crippen LogP contribution in [0.5, 0.6) is 5.75 Å². The molecule has 0 atom stereocenters. The Morgan fingerprint density at radius 1 is 1.07 bits per heavy atom. The average molecular weight is 384 g/mol. The van der Waals surface area contributed by atoms with Gasteiger partial charge in [-0.25, -0.2) is 4.98 Å². The fourth-order valence-electron chi connectivity index (χ4n) is 2.79. The second-order valence-corrected chi connectivity index (χ2v) is 7.55. The number of para-hydroxylation sites is 1. The maximum Gasteiger partial charge on any atom is 0.233 e. The zero-order valence-electron chi connectivity index (χ0n) is 16.0. The Bertz CT molecular complexity index is 893. The summed E-state index contributed by atoms with van der Waals surface area (Å²) in [5, 5.41) is 0.722. The van der Waals surface area contributed by atoms with E-state index >= 15 is 0 Å². The van der Waals surface area contributed by atoms with Crippen molar-refractivity contribution in [1.82, 2.24) is 9.88 Å². The highest BCUT2D eigenvalue weighted by Crippen LogP contribution is 2.34. The molecule has 27 heavy (non-hydrogen) atoms. The molecule has 3 rings (SSSR count). The normalized spacial score (nSPS) is 11.1. The molecule has 0 bridgehead atoms. The molecule has 1 heterocycles. The lowest BCUT2D eigenvalue weighted by atomic mass is 10.1. The van der Waals surface area contributed by atoms with Gasteiger partial charge in [-0.3, -0.25) is 9.69 Å². The molecule has 0 radical (unpaired) electrons. The Balaban J connectivity index is 1.91. The lowest BCUT2D eigenvalue weighted by Gasteiger charge is -2.22. The van der Waals surface area contributed by atoms with E-state index in [0.717, 1.165) is 33.2 Å². The summed E-state index contributed by atoms with van der Waals surface area (Å²) in [6.07, 6.45) is 0.364. The molecule has 142 valence electrons. The number of hydrogen-bond acceptors (Lipinski definition) is 5. The standard InChI is InChI=1S/C21H25N3O2S/c1-4-26-17-11-8-12-18-20(17)22-21(27-18)24(14-13-23(2)3)19(25)15-16-9-6-5-7-10-16/h5-12H,4,13-15H2,1-3H3. The zero-order chi connectivity index (χ0) is 19.2. The van der Waals surface area contributed by atoms with Gasteiger partial charge in [-0.1, -0.05) is 47.7 Å². The number of ether oxygens (including phenoxy) is 1. The Morgan fingerprint density at radius 2 is 1.85 bits per heavy atom. The monoisotopic (exact) mass is 383 g/mol. The van der Waals surface area contributed by atoms with Crippen LogP contribution in [0.25, 0.3) is 10.2 Å². The van der Waals surface area contributed by atoms with Crippen LogP contribution in [0.15, 0.2) is 48.5 Å². The van der Waals surface area contributed by atoms with Gasteiger partial charge in [-0.15, -0.1) is 0 Å². The molecule has 0 aliphatic carbocycles. The van der Waals surface area contributed by atoms with Crippen molar-refractivity contribution in [3.05, 3.63) is 54.1 Å². The summed E-state index contributed by atoms with van der Waals surface area (Å²) >= 11 is 1.53. The van der Waals surface area contributed by atoms with Crippen molar-refractivity contribution in [2.24, 2.45) is 0 Å². The second kappa shape index (κ2) is 8.97. The first-order valence-electron chi connectivity index (χ1n) is 9.10. The number of likely N-dealkylation sites (N-methyl/N-ethyl adjacent to an activating group) is 1. The van der Waals surface area contributed by atoms with Crippen LogP contribution in [0.2, 0.25) is 0 Å². The third-order valence-electron chi connectivity index (χ3n) is 4.17. The summed E-state index contributed by atoms with van der Waals surface area (Å²) in [7, 11) is 4.01. The van der Waals surface area contributed by atoms with Crippen molar-refractivity contribution in [1.29, 1.82) is 0 Å². The predicted octanol–water partition coefficient (Wildman–Crippen LogP) is 3.83. The average Bonchev–Trinajstić information content (AvgIpc) is 3.07. The van der Waals surface area contributed by atoms with Crippen LogP contribution in [0.4, 0.5) is 5.13 Å². The van der Waals surface area contributed by atoms with Gasteiger partial charge in [-0.2, -0.15) is 0 Å². The molecule has 1 aromatic heterocycles. The molecule has 0 aliphatic heterocycles. The van der Waals surface area contributed by atoms with Crippen molar-refractivity contribution in [2.75, 3.05) is 38.7 Å². The largest absolute Gasteiger partial charge is 0.492 e. The maximum atomic E-state index is 13.1. The number of benzene rings is 2. The summed E-state index contributed by atoms with van der Waals surface area (Å²) in [4.78, 5) is 21.7. The highest BCUT2D eigenvalue weighted by Gasteiger charge is 2.21. The van der Waals surface area contributed by atoms with Crippen LogP contribution >= 0.6 is 11.3 Å². The quantitative estimate of drug-likeness (QED) is 0.593. The number of aromatic nitrogens is 1. The maximum absolute atomic E-state index is 13.1. The summed E-state index contributed by atoms with van der Waals surface area (Å²) in [6, 6.07) is 15.7. The molecule has 0 spiro atoms. The smallest absolute Gasteiger partial charge is 0.233 e. The first kappa shape index (κ1) is 19.3. The van der Waals surface area contributed by atoms with Crippen molar-refractivity contribution in [2.45, 2.75) is 13.3 Å². The Morgan fingerprint density at radius 3 is 2.56 bits per heavy atom. The zero-order valence-corrected chi connectivity index (χ0v) is 16.8. The molecule has 5 nitrogen and oxygen atoms in total. The Labute approximate surface area is 164 Å². The molecular weight excluding hydrogens is 358 g/mol. The number of fused-ring (bicyclic) bond motifs is 1. The van der Waals surface area contributed by atoms with Gasteiger partial charge >= 0.3 is 0 Å². The van der Waals surface area contributed by atoms with E-state index in [9.17, 15) is 4.79 Å². The molecule has 0 saturated carbocycles. The van der Waals surface area contributed by atoms with E-state index in [2.05, 4.69) is 4.90 Å². The lowest BCUT2D eigenvalue weighted by molar-refractivity contribution is -0.118. The number of hydrogen-bond donors (Lipinski definition) is 0. The number of amides is 1. The van der Waals surface area contributed by atoms with E-state index in [0.29, 0.717) is 19.6 Å². The van der Waals surface area contributed by atoms with Gasteiger partial charge in [0.1, 0.15) is 11.3 Å². The summed E-state index contributed by atoms with van der Waals surface area (Å²) in [6.45, 7) is 3.92. The van der Waals surface area contributed by atoms with Crippen LogP contribution < -0.4 is 9.64 Å². The number of thiazole rings is 1. The number of rotatable bonds is 8. The van der Waals surface area contributed by atoms with Gasteiger partial charge in [0.05, 0.1) is 17.7 Å². The molecule has 0 aliphatic rings. The van der Waals surface area contributed by atoms with Gasteiger partial charge in [0, 0.05) is 13.1 Å². The van der Waals surface area contributed by atoms with E-state index in [1.807, 2.05) is 69.6 Å². The van der Waals surface area contributed by atoms with E-state index < -0.39 is 0 Å². The van der Waals surface area contributed by atoms with E-state index in [1.165, 1.54) is 11.3 Å². The lowest BCUT2D eigenvalue weighted by Crippen LogP contribution is -2.37. The van der Waals surface area contributed by atoms with Gasteiger partial charge in [0.25, 0.3) is 0 Å². The second-order valence-electron chi connectivity index (χ2n) is 6.54. The number of nitrogens with zero attached hydrogens (tertiary/aromatic N) is 3. The predicted molar refractivity (Wildman–Crippen MR) is 112 cm³/mol. The van der Waals surface area contributed by atoms with Crippen LogP contribution in [-0.2, 0) is 11.2 Å². The third-order valence-corrected chi connectivity index (χ3v) is 5.22. The summed E-state index contributed by atoms with van der Waals surface area (Å²) in [5.74, 6) is 0.820. The Hall–Kier alpha value is -2.44. The third kappa shape index (κ3) is 4.84. The van der Waals surface area contributed by atoms with Gasteiger partial charge in [-0.05, 0) is 38.7 Å². The minimum Gasteiger partial charge on any atom is -0.492 e. The van der Waals surface area contributed by atoms with E-state index in [1.54, 1.807) is 4.90 Å². The topological polar surface area (TPSA) is 45.7 Å². The van der Waals surface area contributed by atoms with Gasteiger partial charge < -0.3 is 9.64 Å². The highest BCUT2D eigenvalue weighted by molar-refractivity contribution is 7.22. The van der Waals surface area contributed by atoms with E-state index in [4.69, 9.17) is 9.72 Å². The minimum atomic E-state index is 0.0556. The van der Waals surface area contributed by atoms with Gasteiger partial charge in [0.15, 0.2) is 5.13 Å². The molecule has 2 aromatic carbocycles. The summed E-state index contributed by atoms with van der Waals surface area (Å²) < 4.78 is 6.73. The van der Waals surface area contributed by atoms with Crippen LogP contribution in [0.3, 0.4) is 0 Å². The SMILES string of the molecule is CCOc1cccc2sc(N(CCN(C)C)C(=O)Cc3ccccc3)nc12. The van der Waals surface area contributed by atoms with Crippen LogP contribution in [0.1, 0.15) is 12.5 Å². The molecule has 0 unspecified atom stereocenters. The molecule has 0 fully saturated rings. The minimum absolute atomic E-state index is 0.0556. The fraction of sp³-hybridized carbons (Fsp3) is 0.333. The van der Waals surface area contributed by atoms with Crippen LogP contribution in [0, 0.1) is 0 Å². The fourth-order valence-corrected chi connectivity index (χ4v) is 3.82. The highest BCUT2D eigenvalue weighted by atomic mass is 32.1. The van der Waals surface area contributed by atoms with Crippen molar-refractivity contribution in [3.63, 3.8) is 0 Å². The van der Waals surface area contributed by atoms with Crippen molar-refractivity contribution < 1.29 is 9.53 Å². The number of carbonyl (C=O) groups excluding carboxylic acids is 1. The number of carbonyl (C=O) groups is 1. The first-order chi connectivity index (χ1) is 13.1. The Kier molecular flexibility index (Phi) is 6.42. The molecular formula is C21H25N3O2S. The van der Waals surface area contributed by atoms with Crippen molar-refractivity contribution >= 4 is 32.6 Å². The van der Waals surface area contributed by atoms with Crippen LogP contribution in [-0.4, -0.2) is 49.6 Å². The van der Waals surface area contributed by atoms with E-state index in [-0.39, 0.29) is 5.91 Å². The first-order valence-corrected chi connectivity index (χ1v) is 9.91. The molecule has 6 heteroatoms.